The Morgan fingerprint density at radius 2 is 1.86 bits per heavy atom. The number of phenolic OH excluding ortho intramolecular Hbond substituents is 1. The van der Waals surface area contributed by atoms with Crippen LogP contribution in [0.4, 0.5) is 0 Å². The van der Waals surface area contributed by atoms with E-state index in [2.05, 4.69) is 25.7 Å². The molecule has 0 fully saturated rings. The van der Waals surface area contributed by atoms with Crippen molar-refractivity contribution in [2.45, 2.75) is 59.7 Å². The molecule has 3 heteroatoms. The summed E-state index contributed by atoms with van der Waals surface area (Å²) in [5, 5.41) is 9.52. The van der Waals surface area contributed by atoms with Crippen LogP contribution in [-0.2, 0) is 16.1 Å². The van der Waals surface area contributed by atoms with Gasteiger partial charge in [0, 0.05) is 6.42 Å². The first-order chi connectivity index (χ1) is 10.1. The van der Waals surface area contributed by atoms with E-state index >= 15 is 0 Å². The van der Waals surface area contributed by atoms with Crippen LogP contribution in [0, 0.1) is 25.7 Å². The Labute approximate surface area is 128 Å². The van der Waals surface area contributed by atoms with E-state index in [4.69, 9.17) is 9.47 Å². The molecular formula is C18H26O3. The number of hydrogen-bond acceptors (Lipinski definition) is 3. The highest BCUT2D eigenvalue weighted by molar-refractivity contribution is 5.39. The predicted octanol–water partition coefficient (Wildman–Crippen LogP) is 4.08. The van der Waals surface area contributed by atoms with Crippen molar-refractivity contribution in [1.82, 2.24) is 0 Å². The highest BCUT2D eigenvalue weighted by atomic mass is 16.7. The summed E-state index contributed by atoms with van der Waals surface area (Å²) in [5.41, 5.74) is 3.16. The monoisotopic (exact) mass is 290 g/mol. The third-order valence-electron chi connectivity index (χ3n) is 3.29. The van der Waals surface area contributed by atoms with Crippen LogP contribution < -0.4 is 0 Å². The second-order valence-electron chi connectivity index (χ2n) is 5.16. The van der Waals surface area contributed by atoms with Crippen LogP contribution in [-0.4, -0.2) is 18.0 Å². The number of hydrogen-bond donors (Lipinski definition) is 1. The summed E-state index contributed by atoms with van der Waals surface area (Å²) in [4.78, 5) is 0. The maximum Gasteiger partial charge on any atom is 0.148 e. The van der Waals surface area contributed by atoms with Gasteiger partial charge in [-0.3, -0.25) is 0 Å². The number of ether oxygens (including phenoxy) is 2. The van der Waals surface area contributed by atoms with Crippen molar-refractivity contribution < 1.29 is 14.6 Å². The summed E-state index contributed by atoms with van der Waals surface area (Å²) < 4.78 is 11.2. The zero-order valence-electron chi connectivity index (χ0n) is 13.5. The number of rotatable bonds is 7. The van der Waals surface area contributed by atoms with Gasteiger partial charge in [-0.1, -0.05) is 19.8 Å². The average molecular weight is 290 g/mol. The molecule has 0 saturated heterocycles. The number of unbranched alkanes of at least 4 members (excludes halogenated alkanes) is 1. The van der Waals surface area contributed by atoms with Gasteiger partial charge in [0.1, 0.15) is 18.6 Å². The van der Waals surface area contributed by atoms with Crippen molar-refractivity contribution in [2.24, 2.45) is 0 Å². The third kappa shape index (κ3) is 6.20. The fraction of sp³-hybridized carbons (Fsp3) is 0.556. The lowest BCUT2D eigenvalue weighted by Crippen LogP contribution is -2.12. The zero-order chi connectivity index (χ0) is 15.7. The van der Waals surface area contributed by atoms with Crippen molar-refractivity contribution in [3.8, 4) is 17.6 Å². The van der Waals surface area contributed by atoms with Crippen molar-refractivity contribution in [1.29, 1.82) is 0 Å². The van der Waals surface area contributed by atoms with Gasteiger partial charge >= 0.3 is 0 Å². The minimum atomic E-state index is -0.0569. The van der Waals surface area contributed by atoms with Gasteiger partial charge in [0.25, 0.3) is 0 Å². The molecule has 0 amide bonds. The van der Waals surface area contributed by atoms with Gasteiger partial charge in [0.05, 0.1) is 6.61 Å². The molecule has 0 aliphatic carbocycles. The lowest BCUT2D eigenvalue weighted by molar-refractivity contribution is -0.0804. The maximum absolute atomic E-state index is 9.52. The van der Waals surface area contributed by atoms with Crippen LogP contribution in [0.2, 0.25) is 0 Å². The van der Waals surface area contributed by atoms with Crippen molar-refractivity contribution in [2.75, 3.05) is 6.79 Å². The Balaban J connectivity index is 2.42. The summed E-state index contributed by atoms with van der Waals surface area (Å²) >= 11 is 0. The normalized spacial score (nSPS) is 11.8. The first kappa shape index (κ1) is 17.6. The molecular weight excluding hydrogens is 264 g/mol. The molecule has 0 bridgehead atoms. The van der Waals surface area contributed by atoms with E-state index in [0.29, 0.717) is 12.4 Å². The van der Waals surface area contributed by atoms with Gasteiger partial charge < -0.3 is 14.6 Å². The third-order valence-corrected chi connectivity index (χ3v) is 3.29. The van der Waals surface area contributed by atoms with Crippen LogP contribution in [0.1, 0.15) is 49.8 Å². The topological polar surface area (TPSA) is 38.7 Å². The molecule has 1 aromatic rings. The lowest BCUT2D eigenvalue weighted by Gasteiger charge is -2.13. The van der Waals surface area contributed by atoms with E-state index in [1.165, 1.54) is 0 Å². The SMILES string of the molecule is CCCC#CC(CC)OCOCc1c(C)cc(O)cc1C. The molecule has 1 atom stereocenters. The second kappa shape index (κ2) is 9.44. The number of aromatic hydroxyl groups is 1. The molecule has 116 valence electrons. The van der Waals surface area contributed by atoms with Crippen molar-refractivity contribution >= 4 is 0 Å². The largest absolute Gasteiger partial charge is 0.508 e. The molecule has 1 aromatic carbocycles. The van der Waals surface area contributed by atoms with Crippen LogP contribution in [0.25, 0.3) is 0 Å². The lowest BCUT2D eigenvalue weighted by atomic mass is 10.0. The minimum Gasteiger partial charge on any atom is -0.508 e. The van der Waals surface area contributed by atoms with E-state index in [1.54, 1.807) is 12.1 Å². The van der Waals surface area contributed by atoms with Gasteiger partial charge in [0.15, 0.2) is 0 Å². The van der Waals surface area contributed by atoms with Gasteiger partial charge in [0.2, 0.25) is 0 Å². The molecule has 0 spiro atoms. The highest BCUT2D eigenvalue weighted by Gasteiger charge is 2.06. The van der Waals surface area contributed by atoms with Gasteiger partial charge in [-0.15, -0.1) is 5.92 Å². The van der Waals surface area contributed by atoms with Gasteiger partial charge in [-0.25, -0.2) is 0 Å². The van der Waals surface area contributed by atoms with E-state index in [9.17, 15) is 5.11 Å². The first-order valence-corrected chi connectivity index (χ1v) is 7.55. The number of benzene rings is 1. The molecule has 1 rings (SSSR count). The quantitative estimate of drug-likeness (QED) is 0.467. The minimum absolute atomic E-state index is 0.0569. The molecule has 0 radical (unpaired) electrons. The fourth-order valence-corrected chi connectivity index (χ4v) is 2.04. The molecule has 0 aromatic heterocycles. The Morgan fingerprint density at radius 1 is 1.19 bits per heavy atom. The summed E-state index contributed by atoms with van der Waals surface area (Å²) in [6, 6.07) is 3.50. The van der Waals surface area contributed by atoms with Crippen molar-refractivity contribution in [3.63, 3.8) is 0 Å². The van der Waals surface area contributed by atoms with Crippen LogP contribution in [0.15, 0.2) is 12.1 Å². The Hall–Kier alpha value is -1.50. The Bertz CT molecular complexity index is 474. The summed E-state index contributed by atoms with van der Waals surface area (Å²) in [7, 11) is 0. The van der Waals surface area contributed by atoms with E-state index < -0.39 is 0 Å². The number of aryl methyl sites for hydroxylation is 2. The summed E-state index contributed by atoms with van der Waals surface area (Å²) in [5.74, 6) is 6.52. The van der Waals surface area contributed by atoms with Gasteiger partial charge in [-0.05, 0) is 55.5 Å². The van der Waals surface area contributed by atoms with E-state index in [1.807, 2.05) is 13.8 Å². The van der Waals surface area contributed by atoms with Gasteiger partial charge in [-0.2, -0.15) is 0 Å². The number of phenols is 1. The van der Waals surface area contributed by atoms with Crippen LogP contribution >= 0.6 is 0 Å². The first-order valence-electron chi connectivity index (χ1n) is 7.55. The molecule has 21 heavy (non-hydrogen) atoms. The fourth-order valence-electron chi connectivity index (χ4n) is 2.04. The van der Waals surface area contributed by atoms with Crippen molar-refractivity contribution in [3.05, 3.63) is 28.8 Å². The molecule has 1 unspecified atom stereocenters. The maximum atomic E-state index is 9.52. The van der Waals surface area contributed by atoms with Crippen LogP contribution in [0.3, 0.4) is 0 Å². The second-order valence-corrected chi connectivity index (χ2v) is 5.16. The van der Waals surface area contributed by atoms with E-state index in [0.717, 1.165) is 36.0 Å². The average Bonchev–Trinajstić information content (AvgIpc) is 2.43. The highest BCUT2D eigenvalue weighted by Crippen LogP contribution is 2.21. The Morgan fingerprint density at radius 3 is 2.43 bits per heavy atom. The van der Waals surface area contributed by atoms with E-state index in [-0.39, 0.29) is 12.9 Å². The molecule has 0 aliphatic heterocycles. The molecule has 1 N–H and O–H groups in total. The smallest absolute Gasteiger partial charge is 0.148 e. The summed E-state index contributed by atoms with van der Waals surface area (Å²) in [6.07, 6.45) is 2.78. The van der Waals surface area contributed by atoms with Crippen LogP contribution in [0.5, 0.6) is 5.75 Å². The molecule has 3 nitrogen and oxygen atoms in total. The molecule has 0 heterocycles. The Kier molecular flexibility index (Phi) is 7.89. The molecule has 0 saturated carbocycles. The zero-order valence-corrected chi connectivity index (χ0v) is 13.5. The standard InChI is InChI=1S/C18H26O3/c1-5-7-8-9-17(6-2)21-13-20-12-18-14(3)10-16(19)11-15(18)4/h10-11,17,19H,5-7,12-13H2,1-4H3. The molecule has 0 aliphatic rings. The summed E-state index contributed by atoms with van der Waals surface area (Å²) in [6.45, 7) is 8.83. The predicted molar refractivity (Wildman–Crippen MR) is 85.1 cm³/mol.